The fraction of sp³-hybridized carbons (Fsp3) is 0.951. The second-order valence-electron chi connectivity index (χ2n) is 34.8. The van der Waals surface area contributed by atoms with Crippen molar-refractivity contribution in [1.29, 1.82) is 0 Å². The third-order valence-electron chi connectivity index (χ3n) is 30.5. The highest BCUT2D eigenvalue weighted by Crippen LogP contribution is 2.65. The molecule has 8 atom stereocenters. The molecule has 14 rings (SSSR count). The van der Waals surface area contributed by atoms with Crippen LogP contribution in [-0.4, -0.2) is 46.1 Å². The van der Waals surface area contributed by atoms with Gasteiger partial charge in [-0.1, -0.05) is 177 Å². The minimum Gasteiger partial charge on any atom is -0.294 e. The maximum Gasteiger partial charge on any atom is 0.0102 e. The first-order chi connectivity index (χ1) is 41.7. The van der Waals surface area contributed by atoms with Crippen LogP contribution in [0.5, 0.6) is 0 Å². The minimum atomic E-state index is 0.883. The van der Waals surface area contributed by atoms with E-state index in [0.29, 0.717) is 0 Å². The van der Waals surface area contributed by atoms with Crippen molar-refractivity contribution in [3.63, 3.8) is 0 Å². The third-order valence-corrected chi connectivity index (χ3v) is 30.5. The fourth-order valence-corrected chi connectivity index (χ4v) is 26.8. The van der Waals surface area contributed by atoms with E-state index in [1.165, 1.54) is 244 Å². The second-order valence-corrected chi connectivity index (χ2v) is 34.8. The Kier molecular flexibility index (Phi) is 21.6. The van der Waals surface area contributed by atoms with Crippen LogP contribution in [0.1, 0.15) is 360 Å². The van der Waals surface area contributed by atoms with E-state index in [1.807, 2.05) is 11.1 Å². The highest BCUT2D eigenvalue weighted by molar-refractivity contribution is 5.17. The van der Waals surface area contributed by atoms with Crippen molar-refractivity contribution in [3.05, 3.63) is 23.3 Å². The summed E-state index contributed by atoms with van der Waals surface area (Å²) in [5.41, 5.74) is 4.03. The fourth-order valence-electron chi connectivity index (χ4n) is 26.8. The molecule has 0 aliphatic heterocycles. The summed E-state index contributed by atoms with van der Waals surface area (Å²) in [7, 11) is 0. The molecule has 2 nitrogen and oxygen atoms in total. The number of hydrogen-bond acceptors (Lipinski definition) is 2. The summed E-state index contributed by atoms with van der Waals surface area (Å²) in [6.45, 7) is 0. The van der Waals surface area contributed by atoms with E-state index in [-0.39, 0.29) is 0 Å². The summed E-state index contributed by atoms with van der Waals surface area (Å²) in [5.74, 6) is 16.3. The summed E-state index contributed by atoms with van der Waals surface area (Å²) < 4.78 is 0. The molecule has 8 unspecified atom stereocenters. The first-order valence-electron chi connectivity index (χ1n) is 40.6. The smallest absolute Gasteiger partial charge is 0.0102 e. The highest BCUT2D eigenvalue weighted by Gasteiger charge is 2.57. The predicted molar refractivity (Wildman–Crippen MR) is 357 cm³/mol. The molecule has 0 aromatic carbocycles. The molecule has 14 saturated carbocycles. The normalized spacial score (nSPS) is 41.7. The molecule has 0 aromatic heterocycles. The molecular weight excluding hydrogens is 1010 g/mol. The molecule has 14 fully saturated rings. The van der Waals surface area contributed by atoms with Crippen molar-refractivity contribution in [3.8, 4) is 0 Å². The highest BCUT2D eigenvalue weighted by atomic mass is 15.2. The summed E-state index contributed by atoms with van der Waals surface area (Å²) >= 11 is 0. The molecular formula is C82H136N2. The van der Waals surface area contributed by atoms with Crippen LogP contribution in [0.4, 0.5) is 0 Å². The van der Waals surface area contributed by atoms with Gasteiger partial charge in [-0.05, 0) is 300 Å². The van der Waals surface area contributed by atoms with Gasteiger partial charge in [0.25, 0.3) is 0 Å². The van der Waals surface area contributed by atoms with Gasteiger partial charge in [-0.2, -0.15) is 0 Å². The lowest BCUT2D eigenvalue weighted by atomic mass is 9.43. The first kappa shape index (κ1) is 60.9. The molecule has 0 radical (unpaired) electrons. The standard InChI is InChI=1S/C82H136N2/c1-7-23-61(24-8-1)77(62-25-9-2-10-26-62)55-59-39-47-71(48-40-59)83(69-33-15-5-16-34-69)73-51-43-65(44-52-73)81-75-37-21-19-31-67(75)58-80-79(81)57-68-32-20-22-38-76(68)82(80)66-45-53-74(54-46-66)84(70-35-17-6-18-36-70)72-49-41-60(42-50-72)56-78(63-27-11-3-12-28-63)64-29-13-4-14-30-64/h55-56,59-76,79-82H,1-54,57-58H2. The van der Waals surface area contributed by atoms with E-state index in [4.69, 9.17) is 0 Å². The average molecular weight is 1150 g/mol. The van der Waals surface area contributed by atoms with E-state index < -0.39 is 0 Å². The van der Waals surface area contributed by atoms with Crippen molar-refractivity contribution < 1.29 is 0 Å². The van der Waals surface area contributed by atoms with Gasteiger partial charge < -0.3 is 0 Å². The summed E-state index contributed by atoms with van der Waals surface area (Å²) in [5, 5.41) is 0. The molecule has 0 aromatic rings. The van der Waals surface area contributed by atoms with Gasteiger partial charge in [0.2, 0.25) is 0 Å². The van der Waals surface area contributed by atoms with Crippen LogP contribution < -0.4 is 0 Å². The van der Waals surface area contributed by atoms with Crippen molar-refractivity contribution in [2.45, 2.75) is 396 Å². The van der Waals surface area contributed by atoms with Crippen molar-refractivity contribution in [2.75, 3.05) is 0 Å². The largest absolute Gasteiger partial charge is 0.294 e. The molecule has 0 heterocycles. The lowest BCUT2D eigenvalue weighted by Crippen LogP contribution is -2.56. The Bertz CT molecular complexity index is 1810. The molecule has 84 heavy (non-hydrogen) atoms. The minimum absolute atomic E-state index is 0.883. The van der Waals surface area contributed by atoms with Gasteiger partial charge in [-0.15, -0.1) is 0 Å². The number of hydrogen-bond donors (Lipinski definition) is 0. The Morgan fingerprint density at radius 3 is 0.762 bits per heavy atom. The van der Waals surface area contributed by atoms with Gasteiger partial charge in [0.05, 0.1) is 0 Å². The maximum absolute atomic E-state index is 3.38. The zero-order valence-electron chi connectivity index (χ0n) is 55.3. The number of allylic oxidation sites excluding steroid dienone is 4. The van der Waals surface area contributed by atoms with E-state index in [1.54, 1.807) is 116 Å². The number of fused-ring (bicyclic) bond motifs is 3. The van der Waals surface area contributed by atoms with Crippen LogP contribution in [0.3, 0.4) is 0 Å². The molecule has 2 heteroatoms. The zero-order chi connectivity index (χ0) is 56.0. The number of nitrogens with zero attached hydrogens (tertiary/aromatic N) is 2. The van der Waals surface area contributed by atoms with Gasteiger partial charge in [-0.3, -0.25) is 9.80 Å². The quantitative estimate of drug-likeness (QED) is 0.160. The Morgan fingerprint density at radius 1 is 0.202 bits per heavy atom. The Hall–Kier alpha value is -0.600. The van der Waals surface area contributed by atoms with Gasteiger partial charge in [-0.25, -0.2) is 0 Å². The van der Waals surface area contributed by atoms with E-state index in [0.717, 1.165) is 131 Å². The molecule has 0 amide bonds. The van der Waals surface area contributed by atoms with Gasteiger partial charge >= 0.3 is 0 Å². The Labute approximate surface area is 520 Å². The first-order valence-corrected chi connectivity index (χ1v) is 40.6. The molecule has 0 bridgehead atoms. The third kappa shape index (κ3) is 14.1. The van der Waals surface area contributed by atoms with Crippen LogP contribution in [0.15, 0.2) is 23.3 Å². The van der Waals surface area contributed by atoms with Crippen LogP contribution >= 0.6 is 0 Å². The van der Waals surface area contributed by atoms with Gasteiger partial charge in [0.1, 0.15) is 0 Å². The lowest BCUT2D eigenvalue weighted by molar-refractivity contribution is -0.130. The Balaban J connectivity index is 0.650. The lowest BCUT2D eigenvalue weighted by Gasteiger charge is -2.62. The van der Waals surface area contributed by atoms with Crippen LogP contribution in [0.2, 0.25) is 0 Å². The average Bonchev–Trinajstić information content (AvgIpc) is 1.59. The summed E-state index contributed by atoms with van der Waals surface area (Å²) in [4.78, 5) is 6.77. The molecule has 14 aliphatic carbocycles. The van der Waals surface area contributed by atoms with Crippen LogP contribution in [0, 0.1) is 94.7 Å². The molecule has 0 saturated heterocycles. The summed E-state index contributed by atoms with van der Waals surface area (Å²) in [6, 6.07) is 5.36. The van der Waals surface area contributed by atoms with Crippen molar-refractivity contribution >= 4 is 0 Å². The second kappa shape index (κ2) is 29.8. The van der Waals surface area contributed by atoms with Gasteiger partial charge in [0, 0.05) is 36.3 Å². The maximum atomic E-state index is 3.38. The van der Waals surface area contributed by atoms with Crippen molar-refractivity contribution in [2.24, 2.45) is 94.7 Å². The molecule has 0 N–H and O–H groups in total. The van der Waals surface area contributed by atoms with Gasteiger partial charge in [0.15, 0.2) is 0 Å². The topological polar surface area (TPSA) is 6.48 Å². The number of rotatable bonds is 14. The summed E-state index contributed by atoms with van der Waals surface area (Å²) in [6.07, 6.45) is 92.2. The Morgan fingerprint density at radius 2 is 0.452 bits per heavy atom. The molecule has 14 aliphatic rings. The van der Waals surface area contributed by atoms with E-state index in [9.17, 15) is 0 Å². The predicted octanol–water partition coefficient (Wildman–Crippen LogP) is 23.6. The zero-order valence-corrected chi connectivity index (χ0v) is 55.3. The molecule has 474 valence electrons. The monoisotopic (exact) mass is 1150 g/mol. The SMILES string of the molecule is C(=C(C1CCCCC1)C1CCCCC1)C1CCC(N(C2CCCCC2)C2CCC(C3C4CCCCC4CC4C3CC3CCCCC3C4C3CCC(N(C4CCCCC4)C4CCC(C=C(C5CCCCC5)C5CCCCC5)CC4)CC3)CC2)CC1. The van der Waals surface area contributed by atoms with E-state index >= 15 is 0 Å². The van der Waals surface area contributed by atoms with Crippen LogP contribution in [-0.2, 0) is 0 Å². The van der Waals surface area contributed by atoms with Crippen LogP contribution in [0.25, 0.3) is 0 Å². The van der Waals surface area contributed by atoms with Crippen molar-refractivity contribution in [1.82, 2.24) is 9.80 Å². The molecule has 0 spiro atoms. The van der Waals surface area contributed by atoms with E-state index in [2.05, 4.69) is 22.0 Å².